The van der Waals surface area contributed by atoms with Gasteiger partial charge in [-0.3, -0.25) is 4.79 Å². The summed E-state index contributed by atoms with van der Waals surface area (Å²) in [6.45, 7) is 6.41. The fraction of sp³-hybridized carbons (Fsp3) is 0.529. The van der Waals surface area contributed by atoms with E-state index in [9.17, 15) is 9.59 Å². The van der Waals surface area contributed by atoms with Crippen LogP contribution in [-0.2, 0) is 9.53 Å². The van der Waals surface area contributed by atoms with Gasteiger partial charge >= 0.3 is 6.03 Å². The predicted octanol–water partition coefficient (Wildman–Crippen LogP) is 1.91. The van der Waals surface area contributed by atoms with Crippen LogP contribution in [0.15, 0.2) is 24.3 Å². The van der Waals surface area contributed by atoms with Crippen LogP contribution in [-0.4, -0.2) is 37.2 Å². The number of hydrogen-bond donors (Lipinski definition) is 4. The summed E-state index contributed by atoms with van der Waals surface area (Å²) in [6, 6.07) is 6.60. The van der Waals surface area contributed by atoms with Gasteiger partial charge in [0.1, 0.15) is 5.54 Å². The number of carbonyl (C=O) groups is 2. The van der Waals surface area contributed by atoms with Gasteiger partial charge in [0.25, 0.3) is 0 Å². The first-order valence-electron chi connectivity index (χ1n) is 8.05. The molecule has 0 radical (unpaired) electrons. The van der Waals surface area contributed by atoms with Crippen LogP contribution in [0.25, 0.3) is 0 Å². The molecule has 1 aromatic carbocycles. The number of anilines is 2. The second kappa shape index (κ2) is 6.78. The molecule has 0 spiro atoms. The van der Waals surface area contributed by atoms with Crippen molar-refractivity contribution in [2.45, 2.75) is 38.8 Å². The molecule has 5 N–H and O–H groups in total. The van der Waals surface area contributed by atoms with Crippen LogP contribution in [0, 0.1) is 5.41 Å². The highest BCUT2D eigenvalue weighted by molar-refractivity contribution is 6.00. The van der Waals surface area contributed by atoms with Crippen LogP contribution in [0.4, 0.5) is 16.2 Å². The van der Waals surface area contributed by atoms with Gasteiger partial charge in [0.2, 0.25) is 5.91 Å². The van der Waals surface area contributed by atoms with Gasteiger partial charge in [-0.25, -0.2) is 4.79 Å². The maximum atomic E-state index is 12.7. The van der Waals surface area contributed by atoms with Gasteiger partial charge in [0.05, 0.1) is 6.10 Å². The molecule has 0 aromatic heterocycles. The number of benzene rings is 1. The third kappa shape index (κ3) is 3.22. The minimum Gasteiger partial charge on any atom is -0.378 e. The van der Waals surface area contributed by atoms with Crippen LogP contribution in [0.3, 0.4) is 0 Å². The van der Waals surface area contributed by atoms with E-state index in [0.717, 1.165) is 0 Å². The van der Waals surface area contributed by atoms with E-state index in [4.69, 9.17) is 10.5 Å². The smallest absolute Gasteiger partial charge is 0.318 e. The Morgan fingerprint density at radius 3 is 2.46 bits per heavy atom. The number of hydrogen-bond acceptors (Lipinski definition) is 4. The molecule has 2 rings (SSSR count). The van der Waals surface area contributed by atoms with Gasteiger partial charge < -0.3 is 26.4 Å². The molecule has 7 heteroatoms. The zero-order chi connectivity index (χ0) is 18.0. The average Bonchev–Trinajstić information content (AvgIpc) is 2.54. The van der Waals surface area contributed by atoms with Crippen molar-refractivity contribution in [1.82, 2.24) is 5.32 Å². The highest BCUT2D eigenvalue weighted by atomic mass is 16.5. The largest absolute Gasteiger partial charge is 0.378 e. The second-order valence-corrected chi connectivity index (χ2v) is 6.58. The highest BCUT2D eigenvalue weighted by Gasteiger charge is 2.62. The van der Waals surface area contributed by atoms with Gasteiger partial charge in [-0.15, -0.1) is 0 Å². The van der Waals surface area contributed by atoms with Crippen molar-refractivity contribution in [2.24, 2.45) is 11.1 Å². The van der Waals surface area contributed by atoms with Crippen molar-refractivity contribution in [2.75, 3.05) is 24.3 Å². The summed E-state index contributed by atoms with van der Waals surface area (Å²) in [5, 5.41) is 7.97. The third-order valence-corrected chi connectivity index (χ3v) is 4.84. The molecule has 1 aliphatic rings. The predicted molar refractivity (Wildman–Crippen MR) is 93.9 cm³/mol. The van der Waals surface area contributed by atoms with Crippen molar-refractivity contribution < 1.29 is 14.3 Å². The molecular weight excluding hydrogens is 308 g/mol. The number of ether oxygens (including phenoxy) is 1. The molecule has 0 saturated heterocycles. The Hall–Kier alpha value is -2.12. The number of carbonyl (C=O) groups excluding carboxylic acids is 2. The van der Waals surface area contributed by atoms with Gasteiger partial charge in [-0.05, 0) is 25.1 Å². The molecule has 1 aromatic rings. The average molecular weight is 334 g/mol. The summed E-state index contributed by atoms with van der Waals surface area (Å²) in [6.07, 6.45) is 0.454. The quantitative estimate of drug-likeness (QED) is 0.660. The van der Waals surface area contributed by atoms with E-state index >= 15 is 0 Å². The molecule has 2 atom stereocenters. The summed E-state index contributed by atoms with van der Waals surface area (Å²) in [5.41, 5.74) is 6.08. The molecule has 24 heavy (non-hydrogen) atoms. The van der Waals surface area contributed by atoms with Crippen molar-refractivity contribution in [3.8, 4) is 0 Å². The minimum atomic E-state index is -0.989. The van der Waals surface area contributed by atoms with Gasteiger partial charge in [0, 0.05) is 36.9 Å². The number of amides is 3. The molecule has 0 aliphatic heterocycles. The van der Waals surface area contributed by atoms with Gasteiger partial charge in [-0.2, -0.15) is 0 Å². The van der Waals surface area contributed by atoms with Crippen LogP contribution in [0.5, 0.6) is 0 Å². The lowest BCUT2D eigenvalue weighted by Gasteiger charge is -2.57. The van der Waals surface area contributed by atoms with E-state index in [-0.39, 0.29) is 18.0 Å². The Morgan fingerprint density at radius 2 is 1.92 bits per heavy atom. The monoisotopic (exact) mass is 334 g/mol. The molecule has 132 valence electrons. The highest BCUT2D eigenvalue weighted by Crippen LogP contribution is 2.50. The standard InChI is InChI=1S/C17H26N4O3/c1-5-24-13-10-17(18,16(13,2)3)14(22)20-11-7-6-8-12(9-11)21-15(23)19-4/h6-9,13H,5,10,18H2,1-4H3,(H,20,22)(H2,19,21,23). The van der Waals surface area contributed by atoms with E-state index in [1.165, 1.54) is 7.05 Å². The number of nitrogens with one attached hydrogen (secondary N) is 3. The lowest BCUT2D eigenvalue weighted by atomic mass is 9.54. The maximum absolute atomic E-state index is 12.7. The topological polar surface area (TPSA) is 105 Å². The van der Waals surface area contributed by atoms with Crippen molar-refractivity contribution >= 4 is 23.3 Å². The summed E-state index contributed by atoms with van der Waals surface area (Å²) in [7, 11) is 1.53. The molecule has 1 aliphatic carbocycles. The van der Waals surface area contributed by atoms with Crippen LogP contribution >= 0.6 is 0 Å². The number of rotatable bonds is 5. The summed E-state index contributed by atoms with van der Waals surface area (Å²) < 4.78 is 5.65. The summed E-state index contributed by atoms with van der Waals surface area (Å²) in [5.74, 6) is -0.249. The molecule has 1 saturated carbocycles. The Labute approximate surface area is 142 Å². The van der Waals surface area contributed by atoms with Gasteiger partial charge in [0.15, 0.2) is 0 Å². The number of nitrogens with two attached hydrogens (primary N) is 1. The molecule has 0 bridgehead atoms. The zero-order valence-electron chi connectivity index (χ0n) is 14.6. The van der Waals surface area contributed by atoms with Crippen molar-refractivity contribution in [3.63, 3.8) is 0 Å². The van der Waals surface area contributed by atoms with Gasteiger partial charge in [-0.1, -0.05) is 19.9 Å². The fourth-order valence-electron chi connectivity index (χ4n) is 2.93. The van der Waals surface area contributed by atoms with Crippen LogP contribution in [0.2, 0.25) is 0 Å². The lowest BCUT2D eigenvalue weighted by Crippen LogP contribution is -2.74. The molecule has 1 fully saturated rings. The molecular formula is C17H26N4O3. The maximum Gasteiger partial charge on any atom is 0.318 e. The zero-order valence-corrected chi connectivity index (χ0v) is 14.6. The normalized spacial score (nSPS) is 24.6. The molecule has 3 amide bonds. The first-order valence-corrected chi connectivity index (χ1v) is 8.05. The second-order valence-electron chi connectivity index (χ2n) is 6.58. The molecule has 0 heterocycles. The SMILES string of the molecule is CCOC1CC(N)(C(=O)Nc2cccc(NC(=O)NC)c2)C1(C)C. The van der Waals surface area contributed by atoms with E-state index < -0.39 is 11.0 Å². The first kappa shape index (κ1) is 18.2. The first-order chi connectivity index (χ1) is 11.2. The summed E-state index contributed by atoms with van der Waals surface area (Å²) >= 11 is 0. The van der Waals surface area contributed by atoms with E-state index in [1.54, 1.807) is 24.3 Å². The lowest BCUT2D eigenvalue weighted by molar-refractivity contribution is -0.166. The third-order valence-electron chi connectivity index (χ3n) is 4.84. The summed E-state index contributed by atoms with van der Waals surface area (Å²) in [4.78, 5) is 24.0. The number of urea groups is 1. The molecule has 2 unspecified atom stereocenters. The van der Waals surface area contributed by atoms with Crippen molar-refractivity contribution in [3.05, 3.63) is 24.3 Å². The van der Waals surface area contributed by atoms with E-state index in [0.29, 0.717) is 24.4 Å². The van der Waals surface area contributed by atoms with Crippen molar-refractivity contribution in [1.29, 1.82) is 0 Å². The Balaban J connectivity index is 2.07. The fourth-order valence-corrected chi connectivity index (χ4v) is 2.93. The molecule has 7 nitrogen and oxygen atoms in total. The van der Waals surface area contributed by atoms with Crippen LogP contribution in [0.1, 0.15) is 27.2 Å². The Morgan fingerprint density at radius 1 is 1.29 bits per heavy atom. The minimum absolute atomic E-state index is 0.0282. The van der Waals surface area contributed by atoms with E-state index in [2.05, 4.69) is 16.0 Å². The Bertz CT molecular complexity index is 632. The van der Waals surface area contributed by atoms with E-state index in [1.807, 2.05) is 20.8 Å². The Kier molecular flexibility index (Phi) is 5.15. The van der Waals surface area contributed by atoms with Crippen LogP contribution < -0.4 is 21.7 Å².